The van der Waals surface area contributed by atoms with Crippen LogP contribution in [0.3, 0.4) is 0 Å². The summed E-state index contributed by atoms with van der Waals surface area (Å²) < 4.78 is 44.6. The normalized spacial score (nSPS) is 13.5. The minimum Gasteiger partial charge on any atom is -0.454 e. The third-order valence-corrected chi connectivity index (χ3v) is 7.90. The molecule has 0 fully saturated rings. The average Bonchev–Trinajstić information content (AvgIpc) is 3.40. The van der Waals surface area contributed by atoms with E-state index in [9.17, 15) is 18.3 Å². The minimum atomic E-state index is -3.97. The molecule has 0 saturated heterocycles. The molecular formula is C29H34N2O7S. The zero-order chi connectivity index (χ0) is 27.8. The molecule has 3 aromatic carbocycles. The van der Waals surface area contributed by atoms with Crippen molar-refractivity contribution in [2.75, 3.05) is 26.4 Å². The number of carbonyl (C=O) groups is 1. The van der Waals surface area contributed by atoms with Gasteiger partial charge in [0.2, 0.25) is 16.8 Å². The van der Waals surface area contributed by atoms with Gasteiger partial charge >= 0.3 is 6.09 Å². The van der Waals surface area contributed by atoms with Crippen LogP contribution in [-0.2, 0) is 27.9 Å². The fourth-order valence-corrected chi connectivity index (χ4v) is 5.89. The van der Waals surface area contributed by atoms with E-state index < -0.39 is 22.2 Å². The van der Waals surface area contributed by atoms with E-state index in [4.69, 9.17) is 14.2 Å². The van der Waals surface area contributed by atoms with Crippen molar-refractivity contribution in [3.05, 3.63) is 90.0 Å². The number of sulfonamides is 1. The summed E-state index contributed by atoms with van der Waals surface area (Å²) in [6.45, 7) is 3.98. The number of rotatable bonds is 12. The number of nitrogens with zero attached hydrogens (tertiary/aromatic N) is 2. The quantitative estimate of drug-likeness (QED) is 0.357. The average molecular weight is 555 g/mol. The highest BCUT2D eigenvalue weighted by atomic mass is 32.2. The molecule has 0 bridgehead atoms. The first kappa shape index (κ1) is 28.4. The van der Waals surface area contributed by atoms with Crippen LogP contribution in [0.4, 0.5) is 4.79 Å². The SMILES string of the molecule is CC(C)CN(C[C@H](O)CN(Cc1ccccc1)C(=O)OCc1ccccc1)S(=O)(=O)c1ccc2c(c1)OCO2. The van der Waals surface area contributed by atoms with Crippen molar-refractivity contribution >= 4 is 16.1 Å². The summed E-state index contributed by atoms with van der Waals surface area (Å²) >= 11 is 0. The van der Waals surface area contributed by atoms with Gasteiger partial charge in [-0.15, -0.1) is 0 Å². The zero-order valence-electron chi connectivity index (χ0n) is 22.1. The van der Waals surface area contributed by atoms with Crippen LogP contribution in [0.1, 0.15) is 25.0 Å². The number of carbonyl (C=O) groups excluding carboxylic acids is 1. The lowest BCUT2D eigenvalue weighted by Crippen LogP contribution is -2.45. The Labute approximate surface area is 229 Å². The second kappa shape index (κ2) is 13.0. The molecular weight excluding hydrogens is 520 g/mol. The van der Waals surface area contributed by atoms with Gasteiger partial charge in [0.15, 0.2) is 11.5 Å². The lowest BCUT2D eigenvalue weighted by Gasteiger charge is -2.29. The Balaban J connectivity index is 1.49. The Morgan fingerprint density at radius 3 is 2.21 bits per heavy atom. The molecule has 0 aliphatic carbocycles. The summed E-state index contributed by atoms with van der Waals surface area (Å²) in [6, 6.07) is 23.1. The van der Waals surface area contributed by atoms with Gasteiger partial charge in [-0.2, -0.15) is 4.31 Å². The van der Waals surface area contributed by atoms with Crippen molar-refractivity contribution in [3.8, 4) is 11.5 Å². The molecule has 0 spiro atoms. The van der Waals surface area contributed by atoms with Crippen LogP contribution in [-0.4, -0.2) is 61.4 Å². The first-order valence-corrected chi connectivity index (χ1v) is 14.2. The number of ether oxygens (including phenoxy) is 3. The highest BCUT2D eigenvalue weighted by Gasteiger charge is 2.30. The van der Waals surface area contributed by atoms with Crippen LogP contribution in [0.15, 0.2) is 83.8 Å². The zero-order valence-corrected chi connectivity index (χ0v) is 22.9. The minimum absolute atomic E-state index is 0.00255. The fraction of sp³-hybridized carbons (Fsp3) is 0.345. The number of amides is 1. The molecule has 1 aliphatic heterocycles. The van der Waals surface area contributed by atoms with E-state index in [1.165, 1.54) is 21.3 Å². The van der Waals surface area contributed by atoms with Gasteiger partial charge < -0.3 is 24.2 Å². The van der Waals surface area contributed by atoms with Crippen LogP contribution in [0.25, 0.3) is 0 Å². The molecule has 39 heavy (non-hydrogen) atoms. The lowest BCUT2D eigenvalue weighted by molar-refractivity contribution is 0.0591. The predicted molar refractivity (Wildman–Crippen MR) is 146 cm³/mol. The molecule has 1 heterocycles. The lowest BCUT2D eigenvalue weighted by atomic mass is 10.2. The number of hydrogen-bond acceptors (Lipinski definition) is 7. The summed E-state index contributed by atoms with van der Waals surface area (Å²) in [5.41, 5.74) is 1.69. The number of aliphatic hydroxyl groups excluding tert-OH is 1. The molecule has 1 aliphatic rings. The third kappa shape index (κ3) is 7.72. The molecule has 10 heteroatoms. The molecule has 1 atom stereocenters. The van der Waals surface area contributed by atoms with Gasteiger partial charge in [0.05, 0.1) is 17.5 Å². The van der Waals surface area contributed by atoms with Crippen molar-refractivity contribution in [2.45, 2.75) is 38.0 Å². The molecule has 0 aromatic heterocycles. The molecule has 208 valence electrons. The standard InChI is InChI=1S/C29H34N2O7S/c1-22(2)16-31(39(34,35)26-13-14-27-28(15-26)38-21-37-27)19-25(32)18-30(17-23-9-5-3-6-10-23)29(33)36-20-24-11-7-4-8-12-24/h3-15,22,25,32H,16-21H2,1-2H3/t25-/m1/s1. The summed E-state index contributed by atoms with van der Waals surface area (Å²) in [7, 11) is -3.97. The van der Waals surface area contributed by atoms with Crippen LogP contribution < -0.4 is 9.47 Å². The Kier molecular flexibility index (Phi) is 9.45. The maximum absolute atomic E-state index is 13.6. The first-order chi connectivity index (χ1) is 18.7. The van der Waals surface area contributed by atoms with Gasteiger partial charge in [-0.3, -0.25) is 0 Å². The molecule has 0 unspecified atom stereocenters. The van der Waals surface area contributed by atoms with E-state index in [1.807, 2.05) is 74.5 Å². The summed E-state index contributed by atoms with van der Waals surface area (Å²) in [6.07, 6.45) is -1.77. The molecule has 1 N–H and O–H groups in total. The topological polar surface area (TPSA) is 106 Å². The fourth-order valence-electron chi connectivity index (χ4n) is 4.23. The second-order valence-corrected chi connectivity index (χ2v) is 11.7. The smallest absolute Gasteiger partial charge is 0.410 e. The van der Waals surface area contributed by atoms with Gasteiger partial charge in [-0.1, -0.05) is 74.5 Å². The van der Waals surface area contributed by atoms with E-state index in [1.54, 1.807) is 6.07 Å². The third-order valence-electron chi connectivity index (χ3n) is 6.08. The number of benzene rings is 3. The van der Waals surface area contributed by atoms with Crippen molar-refractivity contribution in [3.63, 3.8) is 0 Å². The van der Waals surface area contributed by atoms with Crippen LogP contribution in [0.2, 0.25) is 0 Å². The molecule has 0 saturated carbocycles. The van der Waals surface area contributed by atoms with E-state index in [0.29, 0.717) is 11.5 Å². The second-order valence-electron chi connectivity index (χ2n) is 9.79. The van der Waals surface area contributed by atoms with Gasteiger partial charge in [-0.25, -0.2) is 13.2 Å². The Bertz CT molecular complexity index is 1330. The van der Waals surface area contributed by atoms with Crippen LogP contribution in [0, 0.1) is 5.92 Å². The van der Waals surface area contributed by atoms with E-state index in [-0.39, 0.29) is 50.4 Å². The van der Waals surface area contributed by atoms with Crippen molar-refractivity contribution in [2.24, 2.45) is 5.92 Å². The predicted octanol–water partition coefficient (Wildman–Crippen LogP) is 4.26. The summed E-state index contributed by atoms with van der Waals surface area (Å²) in [5.74, 6) is 0.837. The monoisotopic (exact) mass is 554 g/mol. The van der Waals surface area contributed by atoms with Gasteiger partial charge in [-0.05, 0) is 29.2 Å². The van der Waals surface area contributed by atoms with E-state index in [0.717, 1.165) is 11.1 Å². The Morgan fingerprint density at radius 1 is 0.897 bits per heavy atom. The van der Waals surface area contributed by atoms with Crippen LogP contribution in [0.5, 0.6) is 11.5 Å². The first-order valence-electron chi connectivity index (χ1n) is 12.8. The Hall–Kier alpha value is -3.60. The molecule has 0 radical (unpaired) electrons. The van der Waals surface area contributed by atoms with Crippen molar-refractivity contribution in [1.82, 2.24) is 9.21 Å². The van der Waals surface area contributed by atoms with E-state index in [2.05, 4.69) is 0 Å². The molecule has 4 rings (SSSR count). The molecule has 9 nitrogen and oxygen atoms in total. The highest BCUT2D eigenvalue weighted by molar-refractivity contribution is 7.89. The van der Waals surface area contributed by atoms with Crippen LogP contribution >= 0.6 is 0 Å². The largest absolute Gasteiger partial charge is 0.454 e. The van der Waals surface area contributed by atoms with Crippen molar-refractivity contribution < 1.29 is 32.5 Å². The number of aliphatic hydroxyl groups is 1. The Morgan fingerprint density at radius 2 is 1.54 bits per heavy atom. The summed E-state index contributed by atoms with van der Waals surface area (Å²) in [4.78, 5) is 14.5. The number of hydrogen-bond donors (Lipinski definition) is 1. The van der Waals surface area contributed by atoms with Gasteiger partial charge in [0.25, 0.3) is 0 Å². The van der Waals surface area contributed by atoms with E-state index >= 15 is 0 Å². The van der Waals surface area contributed by atoms with Gasteiger partial charge in [0.1, 0.15) is 6.61 Å². The maximum Gasteiger partial charge on any atom is 0.410 e. The molecule has 3 aromatic rings. The van der Waals surface area contributed by atoms with Crippen molar-refractivity contribution in [1.29, 1.82) is 0 Å². The maximum atomic E-state index is 13.6. The number of fused-ring (bicyclic) bond motifs is 1. The van der Waals surface area contributed by atoms with Gasteiger partial charge in [0, 0.05) is 25.7 Å². The highest BCUT2D eigenvalue weighted by Crippen LogP contribution is 2.34. The summed E-state index contributed by atoms with van der Waals surface area (Å²) in [5, 5.41) is 11.1. The molecule has 1 amide bonds.